The van der Waals surface area contributed by atoms with Crippen LogP contribution in [0, 0.1) is 0 Å². The van der Waals surface area contributed by atoms with Crippen LogP contribution in [-0.2, 0) is 11.8 Å². The van der Waals surface area contributed by atoms with Gasteiger partial charge in [-0.15, -0.1) is 0 Å². The van der Waals surface area contributed by atoms with Gasteiger partial charge in [-0.1, -0.05) is 6.42 Å². The van der Waals surface area contributed by atoms with E-state index >= 15 is 0 Å². The number of hydrogen-bond donors (Lipinski definition) is 0. The summed E-state index contributed by atoms with van der Waals surface area (Å²) in [6.45, 7) is 4.93. The van der Waals surface area contributed by atoms with E-state index in [4.69, 9.17) is 4.74 Å². The molecule has 1 atom stereocenters. The predicted molar refractivity (Wildman–Crippen MR) is 95.5 cm³/mol. The van der Waals surface area contributed by atoms with Crippen LogP contribution in [0.2, 0.25) is 0 Å². The Bertz CT molecular complexity index is 600. The highest BCUT2D eigenvalue weighted by Crippen LogP contribution is 2.37. The molecule has 6 nitrogen and oxygen atoms in total. The van der Waals surface area contributed by atoms with Gasteiger partial charge in [0, 0.05) is 45.2 Å². The lowest BCUT2D eigenvalue weighted by Gasteiger charge is -2.49. The summed E-state index contributed by atoms with van der Waals surface area (Å²) in [6.07, 6.45) is 11.8. The van der Waals surface area contributed by atoms with E-state index in [0.717, 1.165) is 45.4 Å². The third kappa shape index (κ3) is 3.47. The van der Waals surface area contributed by atoms with Crippen molar-refractivity contribution in [2.24, 2.45) is 7.05 Å². The number of imidazole rings is 1. The molecule has 4 heterocycles. The standard InChI is InChI=1S/C19H30N4O2/c1-21-13-8-20-17(21)18(24)23-11-6-19(7-12-23)15-16(5-14-25-19)22-9-3-2-4-10-22/h8,13,16H,2-7,9-12,14-15H2,1H3. The number of carbonyl (C=O) groups is 1. The Labute approximate surface area is 150 Å². The number of nitrogens with zero attached hydrogens (tertiary/aromatic N) is 4. The second kappa shape index (κ2) is 7.08. The normalized spacial score (nSPS) is 27.6. The third-order valence-electron chi connectivity index (χ3n) is 6.35. The first-order chi connectivity index (χ1) is 12.2. The third-order valence-corrected chi connectivity index (χ3v) is 6.35. The summed E-state index contributed by atoms with van der Waals surface area (Å²) in [7, 11) is 1.87. The van der Waals surface area contributed by atoms with Crippen molar-refractivity contribution in [3.63, 3.8) is 0 Å². The second-order valence-electron chi connectivity index (χ2n) is 7.93. The fourth-order valence-electron chi connectivity index (χ4n) is 4.78. The Morgan fingerprint density at radius 3 is 2.64 bits per heavy atom. The molecule has 3 aliphatic heterocycles. The van der Waals surface area contributed by atoms with Crippen LogP contribution in [0.4, 0.5) is 0 Å². The molecular weight excluding hydrogens is 316 g/mol. The maximum atomic E-state index is 12.7. The van der Waals surface area contributed by atoms with Gasteiger partial charge in [-0.05, 0) is 51.6 Å². The molecule has 3 saturated heterocycles. The lowest BCUT2D eigenvalue weighted by atomic mass is 9.81. The minimum Gasteiger partial charge on any atom is -0.375 e. The van der Waals surface area contributed by atoms with Crippen molar-refractivity contribution >= 4 is 5.91 Å². The molecule has 1 amide bonds. The van der Waals surface area contributed by atoms with Crippen molar-refractivity contribution in [3.8, 4) is 0 Å². The lowest BCUT2D eigenvalue weighted by molar-refractivity contribution is -0.131. The Kier molecular flexibility index (Phi) is 4.82. The van der Waals surface area contributed by atoms with E-state index in [1.807, 2.05) is 18.1 Å². The first-order valence-electron chi connectivity index (χ1n) is 9.81. The van der Waals surface area contributed by atoms with Crippen LogP contribution < -0.4 is 0 Å². The molecular formula is C19H30N4O2. The molecule has 0 aromatic carbocycles. The summed E-state index contributed by atoms with van der Waals surface area (Å²) in [5.74, 6) is 0.581. The summed E-state index contributed by atoms with van der Waals surface area (Å²) in [5.41, 5.74) is -0.0151. The second-order valence-corrected chi connectivity index (χ2v) is 7.93. The highest BCUT2D eigenvalue weighted by atomic mass is 16.5. The van der Waals surface area contributed by atoms with Gasteiger partial charge < -0.3 is 19.1 Å². The molecule has 0 radical (unpaired) electrons. The van der Waals surface area contributed by atoms with Gasteiger partial charge in [0.25, 0.3) is 5.91 Å². The number of aryl methyl sites for hydroxylation is 1. The molecule has 1 unspecified atom stereocenters. The Hall–Kier alpha value is -1.40. The topological polar surface area (TPSA) is 50.6 Å². The van der Waals surface area contributed by atoms with E-state index in [9.17, 15) is 4.79 Å². The number of rotatable bonds is 2. The Morgan fingerprint density at radius 1 is 1.20 bits per heavy atom. The van der Waals surface area contributed by atoms with Crippen LogP contribution in [0.25, 0.3) is 0 Å². The van der Waals surface area contributed by atoms with Gasteiger partial charge in [0.1, 0.15) is 0 Å². The smallest absolute Gasteiger partial charge is 0.289 e. The van der Waals surface area contributed by atoms with Gasteiger partial charge in [0.2, 0.25) is 0 Å². The number of aromatic nitrogens is 2. The minimum absolute atomic E-state index is 0.0151. The first kappa shape index (κ1) is 17.0. The van der Waals surface area contributed by atoms with Crippen LogP contribution in [0.1, 0.15) is 55.6 Å². The maximum Gasteiger partial charge on any atom is 0.289 e. The van der Waals surface area contributed by atoms with E-state index in [0.29, 0.717) is 11.9 Å². The Morgan fingerprint density at radius 2 is 1.96 bits per heavy atom. The monoisotopic (exact) mass is 346 g/mol. The summed E-state index contributed by atoms with van der Waals surface area (Å²) in [6, 6.07) is 0.672. The molecule has 0 aliphatic carbocycles. The number of ether oxygens (including phenoxy) is 1. The van der Waals surface area contributed by atoms with Crippen LogP contribution in [0.5, 0.6) is 0 Å². The van der Waals surface area contributed by atoms with E-state index in [-0.39, 0.29) is 11.5 Å². The SMILES string of the molecule is Cn1ccnc1C(=O)N1CCC2(CC1)CC(N1CCCCC1)CCO2. The van der Waals surface area contributed by atoms with Gasteiger partial charge >= 0.3 is 0 Å². The zero-order chi connectivity index (χ0) is 17.3. The van der Waals surface area contributed by atoms with Crippen molar-refractivity contribution < 1.29 is 9.53 Å². The van der Waals surface area contributed by atoms with Crippen molar-refractivity contribution in [2.75, 3.05) is 32.8 Å². The summed E-state index contributed by atoms with van der Waals surface area (Å²) >= 11 is 0. The number of carbonyl (C=O) groups excluding carboxylic acids is 1. The molecule has 138 valence electrons. The van der Waals surface area contributed by atoms with E-state index in [1.165, 1.54) is 32.4 Å². The van der Waals surface area contributed by atoms with Crippen molar-refractivity contribution in [1.29, 1.82) is 0 Å². The molecule has 0 N–H and O–H groups in total. The van der Waals surface area contributed by atoms with Crippen LogP contribution in [0.3, 0.4) is 0 Å². The number of hydrogen-bond acceptors (Lipinski definition) is 4. The molecule has 3 aliphatic rings. The molecule has 25 heavy (non-hydrogen) atoms. The molecule has 1 aromatic rings. The fourth-order valence-corrected chi connectivity index (χ4v) is 4.78. The van der Waals surface area contributed by atoms with Gasteiger partial charge in [-0.3, -0.25) is 4.79 Å². The number of amides is 1. The predicted octanol–water partition coefficient (Wildman–Crippen LogP) is 2.06. The molecule has 1 spiro atoms. The van der Waals surface area contributed by atoms with Gasteiger partial charge in [0.05, 0.1) is 5.60 Å². The number of likely N-dealkylation sites (tertiary alicyclic amines) is 2. The minimum atomic E-state index is -0.0151. The first-order valence-corrected chi connectivity index (χ1v) is 9.81. The Balaban J connectivity index is 1.37. The van der Waals surface area contributed by atoms with Crippen molar-refractivity contribution in [2.45, 2.75) is 56.6 Å². The van der Waals surface area contributed by atoms with Crippen LogP contribution >= 0.6 is 0 Å². The summed E-state index contributed by atoms with van der Waals surface area (Å²) < 4.78 is 8.09. The van der Waals surface area contributed by atoms with E-state index in [2.05, 4.69) is 9.88 Å². The largest absolute Gasteiger partial charge is 0.375 e. The lowest BCUT2D eigenvalue weighted by Crippen LogP contribution is -2.55. The summed E-state index contributed by atoms with van der Waals surface area (Å²) in [4.78, 5) is 21.5. The average molecular weight is 346 g/mol. The molecule has 0 bridgehead atoms. The zero-order valence-electron chi connectivity index (χ0n) is 15.3. The highest BCUT2D eigenvalue weighted by Gasteiger charge is 2.43. The van der Waals surface area contributed by atoms with Crippen LogP contribution in [0.15, 0.2) is 12.4 Å². The highest BCUT2D eigenvalue weighted by molar-refractivity contribution is 5.90. The van der Waals surface area contributed by atoms with Gasteiger partial charge in [0.15, 0.2) is 5.82 Å². The molecule has 6 heteroatoms. The van der Waals surface area contributed by atoms with E-state index in [1.54, 1.807) is 10.8 Å². The van der Waals surface area contributed by atoms with Crippen molar-refractivity contribution in [3.05, 3.63) is 18.2 Å². The quantitative estimate of drug-likeness (QED) is 0.822. The molecule has 0 saturated carbocycles. The molecule has 3 fully saturated rings. The van der Waals surface area contributed by atoms with Crippen molar-refractivity contribution in [1.82, 2.24) is 19.4 Å². The van der Waals surface area contributed by atoms with E-state index < -0.39 is 0 Å². The number of piperidine rings is 2. The average Bonchev–Trinajstić information content (AvgIpc) is 3.09. The molecule has 1 aromatic heterocycles. The van der Waals surface area contributed by atoms with Crippen LogP contribution in [-0.4, -0.2) is 69.7 Å². The maximum absolute atomic E-state index is 12.7. The molecule has 4 rings (SSSR count). The van der Waals surface area contributed by atoms with Gasteiger partial charge in [-0.25, -0.2) is 4.98 Å². The zero-order valence-corrected chi connectivity index (χ0v) is 15.3. The fraction of sp³-hybridized carbons (Fsp3) is 0.789. The summed E-state index contributed by atoms with van der Waals surface area (Å²) in [5, 5.41) is 0. The van der Waals surface area contributed by atoms with Gasteiger partial charge in [-0.2, -0.15) is 0 Å².